The van der Waals surface area contributed by atoms with E-state index in [1.54, 1.807) is 12.5 Å². The summed E-state index contributed by atoms with van der Waals surface area (Å²) in [6, 6.07) is 0.208. The Morgan fingerprint density at radius 3 is 2.80 bits per heavy atom. The smallest absolute Gasteiger partial charge is 0.210 e. The van der Waals surface area contributed by atoms with E-state index >= 15 is 0 Å². The Labute approximate surface area is 67.3 Å². The number of aromatic nitrogens is 1. The van der Waals surface area contributed by atoms with E-state index in [1.165, 1.54) is 0 Å². The number of rotatable bonds is 2. The molecule has 0 aliphatic carbocycles. The Morgan fingerprint density at radius 1 is 1.70 bits per heavy atom. The van der Waals surface area contributed by atoms with Gasteiger partial charge in [0.1, 0.15) is 6.26 Å². The molecular formula is C6H12N2OS. The standard InChI is InChI=1S/C6H10N2O.H2S/c1-5(7-2)6-8-3-4-9-6;/h3-5,7H,1-2H3;1H2/t5-;/m0./s1. The average molecular weight is 160 g/mol. The summed E-state index contributed by atoms with van der Waals surface area (Å²) in [6.07, 6.45) is 3.21. The summed E-state index contributed by atoms with van der Waals surface area (Å²) in [5.74, 6) is 0.734. The van der Waals surface area contributed by atoms with Crippen molar-refractivity contribution in [2.45, 2.75) is 13.0 Å². The number of nitrogens with one attached hydrogen (secondary N) is 1. The van der Waals surface area contributed by atoms with E-state index in [9.17, 15) is 0 Å². The molecule has 1 atom stereocenters. The molecule has 1 rings (SSSR count). The maximum atomic E-state index is 5.01. The highest BCUT2D eigenvalue weighted by atomic mass is 32.1. The minimum atomic E-state index is 0. The molecule has 0 radical (unpaired) electrons. The minimum absolute atomic E-state index is 0. The Morgan fingerprint density at radius 2 is 2.40 bits per heavy atom. The molecule has 1 aromatic heterocycles. The van der Waals surface area contributed by atoms with E-state index < -0.39 is 0 Å². The molecule has 0 spiro atoms. The first-order chi connectivity index (χ1) is 4.34. The van der Waals surface area contributed by atoms with Crippen LogP contribution in [0.25, 0.3) is 0 Å². The SMILES string of the molecule is CN[C@@H](C)c1ncco1.S. The van der Waals surface area contributed by atoms with Gasteiger partial charge in [-0.3, -0.25) is 0 Å². The lowest BCUT2D eigenvalue weighted by Crippen LogP contribution is -2.12. The minimum Gasteiger partial charge on any atom is -0.447 e. The second-order valence-electron chi connectivity index (χ2n) is 1.88. The van der Waals surface area contributed by atoms with Gasteiger partial charge in [0, 0.05) is 0 Å². The number of hydrogen-bond acceptors (Lipinski definition) is 3. The Balaban J connectivity index is 0.000000810. The molecule has 0 saturated carbocycles. The highest BCUT2D eigenvalue weighted by Gasteiger charge is 2.04. The first kappa shape index (κ1) is 9.52. The molecule has 0 unspecified atom stereocenters. The van der Waals surface area contributed by atoms with Crippen molar-refractivity contribution in [1.29, 1.82) is 0 Å². The third-order valence-corrected chi connectivity index (χ3v) is 1.25. The molecule has 0 aliphatic heterocycles. The molecule has 1 heterocycles. The van der Waals surface area contributed by atoms with Crippen LogP contribution in [0.2, 0.25) is 0 Å². The molecule has 3 nitrogen and oxygen atoms in total. The van der Waals surface area contributed by atoms with Gasteiger partial charge in [0.15, 0.2) is 0 Å². The molecule has 0 amide bonds. The summed E-state index contributed by atoms with van der Waals surface area (Å²) >= 11 is 0. The fourth-order valence-electron chi connectivity index (χ4n) is 0.572. The normalized spacial score (nSPS) is 12.2. The highest BCUT2D eigenvalue weighted by Crippen LogP contribution is 2.06. The predicted molar refractivity (Wildman–Crippen MR) is 44.4 cm³/mol. The van der Waals surface area contributed by atoms with Crippen molar-refractivity contribution in [2.75, 3.05) is 7.05 Å². The largest absolute Gasteiger partial charge is 0.447 e. The van der Waals surface area contributed by atoms with Crippen molar-refractivity contribution in [3.63, 3.8) is 0 Å². The fourth-order valence-corrected chi connectivity index (χ4v) is 0.572. The van der Waals surface area contributed by atoms with Gasteiger partial charge in [-0.1, -0.05) is 0 Å². The number of hydrogen-bond donors (Lipinski definition) is 1. The van der Waals surface area contributed by atoms with Gasteiger partial charge >= 0.3 is 0 Å². The Bertz CT molecular complexity index is 164. The molecule has 1 N–H and O–H groups in total. The zero-order valence-electron chi connectivity index (χ0n) is 6.09. The van der Waals surface area contributed by atoms with Gasteiger partial charge in [0.25, 0.3) is 0 Å². The van der Waals surface area contributed by atoms with Gasteiger partial charge < -0.3 is 9.73 Å². The Hall–Kier alpha value is -0.480. The van der Waals surface area contributed by atoms with E-state index in [2.05, 4.69) is 10.3 Å². The topological polar surface area (TPSA) is 38.1 Å². The lowest BCUT2D eigenvalue weighted by Gasteiger charge is -2.02. The van der Waals surface area contributed by atoms with E-state index in [-0.39, 0.29) is 19.5 Å². The number of nitrogens with zero attached hydrogens (tertiary/aromatic N) is 1. The molecular weight excluding hydrogens is 148 g/mol. The molecule has 0 aromatic carbocycles. The maximum absolute atomic E-state index is 5.01. The van der Waals surface area contributed by atoms with Crippen molar-refractivity contribution in [1.82, 2.24) is 10.3 Å². The third-order valence-electron chi connectivity index (χ3n) is 1.25. The fraction of sp³-hybridized carbons (Fsp3) is 0.500. The molecule has 4 heteroatoms. The van der Waals surface area contributed by atoms with E-state index in [4.69, 9.17) is 4.42 Å². The van der Waals surface area contributed by atoms with Crippen LogP contribution in [0.4, 0.5) is 0 Å². The second kappa shape index (κ2) is 4.35. The van der Waals surface area contributed by atoms with Gasteiger partial charge in [0.2, 0.25) is 5.89 Å². The van der Waals surface area contributed by atoms with Crippen LogP contribution in [-0.4, -0.2) is 12.0 Å². The number of oxazole rings is 1. The van der Waals surface area contributed by atoms with Crippen LogP contribution in [0.15, 0.2) is 16.9 Å². The molecule has 58 valence electrons. The van der Waals surface area contributed by atoms with Crippen LogP contribution in [0, 0.1) is 0 Å². The quantitative estimate of drug-likeness (QED) is 0.703. The zero-order valence-corrected chi connectivity index (χ0v) is 7.09. The summed E-state index contributed by atoms with van der Waals surface area (Å²) in [5.41, 5.74) is 0. The average Bonchev–Trinajstić information content (AvgIpc) is 2.37. The molecule has 0 bridgehead atoms. The van der Waals surface area contributed by atoms with Crippen LogP contribution >= 0.6 is 13.5 Å². The lowest BCUT2D eigenvalue weighted by atomic mass is 10.3. The third kappa shape index (κ3) is 2.04. The Kier molecular flexibility index (Phi) is 4.14. The van der Waals surface area contributed by atoms with Crippen LogP contribution in [0.5, 0.6) is 0 Å². The van der Waals surface area contributed by atoms with Crippen molar-refractivity contribution < 1.29 is 4.42 Å². The highest BCUT2D eigenvalue weighted by molar-refractivity contribution is 7.59. The summed E-state index contributed by atoms with van der Waals surface area (Å²) < 4.78 is 5.01. The van der Waals surface area contributed by atoms with Gasteiger partial charge in [0.05, 0.1) is 12.2 Å². The van der Waals surface area contributed by atoms with Crippen LogP contribution in [-0.2, 0) is 0 Å². The zero-order chi connectivity index (χ0) is 6.69. The van der Waals surface area contributed by atoms with Crippen LogP contribution in [0.1, 0.15) is 18.9 Å². The molecule has 10 heavy (non-hydrogen) atoms. The first-order valence-corrected chi connectivity index (χ1v) is 2.91. The monoisotopic (exact) mass is 160 g/mol. The van der Waals surface area contributed by atoms with E-state index in [1.807, 2.05) is 14.0 Å². The molecule has 0 saturated heterocycles. The van der Waals surface area contributed by atoms with Crippen LogP contribution in [0.3, 0.4) is 0 Å². The predicted octanol–water partition coefficient (Wildman–Crippen LogP) is 1.07. The van der Waals surface area contributed by atoms with Gasteiger partial charge in [-0.15, -0.1) is 0 Å². The summed E-state index contributed by atoms with van der Waals surface area (Å²) in [6.45, 7) is 1.99. The van der Waals surface area contributed by atoms with Gasteiger partial charge in [-0.25, -0.2) is 4.98 Å². The van der Waals surface area contributed by atoms with Crippen LogP contribution < -0.4 is 5.32 Å². The molecule has 1 aromatic rings. The lowest BCUT2D eigenvalue weighted by molar-refractivity contribution is 0.433. The maximum Gasteiger partial charge on any atom is 0.210 e. The van der Waals surface area contributed by atoms with Crippen molar-refractivity contribution in [3.05, 3.63) is 18.4 Å². The van der Waals surface area contributed by atoms with E-state index in [0.29, 0.717) is 0 Å². The second-order valence-corrected chi connectivity index (χ2v) is 1.88. The van der Waals surface area contributed by atoms with Crippen molar-refractivity contribution in [3.8, 4) is 0 Å². The van der Waals surface area contributed by atoms with E-state index in [0.717, 1.165) is 5.89 Å². The van der Waals surface area contributed by atoms with Gasteiger partial charge in [-0.2, -0.15) is 13.5 Å². The first-order valence-electron chi connectivity index (χ1n) is 2.91. The molecule has 0 fully saturated rings. The van der Waals surface area contributed by atoms with Crippen molar-refractivity contribution in [2.24, 2.45) is 0 Å². The molecule has 0 aliphatic rings. The summed E-state index contributed by atoms with van der Waals surface area (Å²) in [7, 11) is 1.87. The summed E-state index contributed by atoms with van der Waals surface area (Å²) in [4.78, 5) is 3.96. The summed E-state index contributed by atoms with van der Waals surface area (Å²) in [5, 5.41) is 3.01. The van der Waals surface area contributed by atoms with Gasteiger partial charge in [-0.05, 0) is 14.0 Å². The van der Waals surface area contributed by atoms with Crippen molar-refractivity contribution >= 4 is 13.5 Å².